The number of rotatable bonds is 12. The van der Waals surface area contributed by atoms with Crippen molar-refractivity contribution in [2.24, 2.45) is 0 Å². The van der Waals surface area contributed by atoms with Gasteiger partial charge in [-0.3, -0.25) is 4.79 Å². The highest BCUT2D eigenvalue weighted by atomic mass is 35.5. The molecule has 0 saturated carbocycles. The second kappa shape index (κ2) is 12.5. The van der Waals surface area contributed by atoms with E-state index in [9.17, 15) is 4.79 Å². The van der Waals surface area contributed by atoms with E-state index in [1.165, 1.54) is 5.56 Å². The molecule has 1 heterocycles. The number of nitrogens with one attached hydrogen (secondary N) is 1. The zero-order valence-electron chi connectivity index (χ0n) is 20.7. The molecule has 6 nitrogen and oxygen atoms in total. The molecule has 0 aliphatic heterocycles. The van der Waals surface area contributed by atoms with Crippen LogP contribution >= 0.6 is 11.6 Å². The summed E-state index contributed by atoms with van der Waals surface area (Å²) in [5.74, 6) is 2.73. The normalized spacial score (nSPS) is 11.9. The van der Waals surface area contributed by atoms with Crippen LogP contribution < -0.4 is 14.8 Å². The lowest BCUT2D eigenvalue weighted by Crippen LogP contribution is -2.31. The number of hydrogen-bond donors (Lipinski definition) is 1. The zero-order valence-corrected chi connectivity index (χ0v) is 21.5. The molecule has 3 aromatic carbocycles. The van der Waals surface area contributed by atoms with E-state index < -0.39 is 0 Å². The molecule has 0 fully saturated rings. The summed E-state index contributed by atoms with van der Waals surface area (Å²) in [5, 5.41) is 3.54. The Balaban J connectivity index is 1.31. The van der Waals surface area contributed by atoms with Crippen molar-refractivity contribution in [3.8, 4) is 11.5 Å². The molecule has 0 bridgehead atoms. The van der Waals surface area contributed by atoms with Gasteiger partial charge in [0.2, 0.25) is 0 Å². The maximum atomic E-state index is 12.2. The predicted octanol–water partition coefficient (Wildman–Crippen LogP) is 6.02. The molecule has 4 aromatic rings. The van der Waals surface area contributed by atoms with E-state index in [1.54, 1.807) is 24.3 Å². The van der Waals surface area contributed by atoms with Gasteiger partial charge in [-0.2, -0.15) is 0 Å². The number of hydrogen-bond acceptors (Lipinski definition) is 4. The van der Waals surface area contributed by atoms with Crippen molar-refractivity contribution in [1.82, 2.24) is 14.9 Å². The van der Waals surface area contributed by atoms with Crippen molar-refractivity contribution < 1.29 is 14.3 Å². The Labute approximate surface area is 217 Å². The van der Waals surface area contributed by atoms with Gasteiger partial charge in [0, 0.05) is 18.0 Å². The van der Waals surface area contributed by atoms with Crippen molar-refractivity contribution in [3.63, 3.8) is 0 Å². The van der Waals surface area contributed by atoms with Gasteiger partial charge in [-0.25, -0.2) is 4.98 Å². The topological polar surface area (TPSA) is 65.4 Å². The number of nitrogens with zero attached hydrogens (tertiary/aromatic N) is 2. The first-order chi connectivity index (χ1) is 17.5. The summed E-state index contributed by atoms with van der Waals surface area (Å²) in [6.45, 7) is 6.03. The number of carbonyl (C=O) groups excluding carboxylic acids is 1. The number of aromatic nitrogens is 2. The number of benzene rings is 3. The first-order valence-electron chi connectivity index (χ1n) is 12.4. The van der Waals surface area contributed by atoms with Gasteiger partial charge in [0.25, 0.3) is 5.91 Å². The summed E-state index contributed by atoms with van der Waals surface area (Å²) in [4.78, 5) is 17.0. The smallest absolute Gasteiger partial charge is 0.257 e. The second-order valence-corrected chi connectivity index (χ2v) is 9.17. The van der Waals surface area contributed by atoms with Gasteiger partial charge in [-0.05, 0) is 66.4 Å². The Bertz CT molecular complexity index is 1270. The van der Waals surface area contributed by atoms with Crippen LogP contribution in [0.1, 0.15) is 37.6 Å². The molecule has 0 saturated heterocycles. The first-order valence-corrected chi connectivity index (χ1v) is 12.7. The lowest BCUT2D eigenvalue weighted by Gasteiger charge is -2.13. The zero-order chi connectivity index (χ0) is 25.3. The maximum Gasteiger partial charge on any atom is 0.257 e. The molecule has 0 spiro atoms. The Morgan fingerprint density at radius 2 is 1.69 bits per heavy atom. The third-order valence-electron chi connectivity index (χ3n) is 6.23. The van der Waals surface area contributed by atoms with Crippen LogP contribution in [0.15, 0.2) is 72.8 Å². The molecule has 0 aliphatic rings. The van der Waals surface area contributed by atoms with Gasteiger partial charge < -0.3 is 19.4 Å². The minimum atomic E-state index is -0.184. The van der Waals surface area contributed by atoms with Crippen LogP contribution in [0.2, 0.25) is 5.02 Å². The molecular formula is C29H32ClN3O3. The lowest BCUT2D eigenvalue weighted by molar-refractivity contribution is -0.123. The second-order valence-electron chi connectivity index (χ2n) is 8.74. The predicted molar refractivity (Wildman–Crippen MR) is 144 cm³/mol. The Morgan fingerprint density at radius 1 is 1.00 bits per heavy atom. The highest BCUT2D eigenvalue weighted by molar-refractivity contribution is 6.30. The van der Waals surface area contributed by atoms with Gasteiger partial charge >= 0.3 is 0 Å². The van der Waals surface area contributed by atoms with Crippen molar-refractivity contribution >= 4 is 28.5 Å². The third kappa shape index (κ3) is 6.79. The number of ether oxygens (including phenoxy) is 2. The summed E-state index contributed by atoms with van der Waals surface area (Å²) in [7, 11) is 0. The van der Waals surface area contributed by atoms with Crippen LogP contribution in [-0.4, -0.2) is 35.2 Å². The van der Waals surface area contributed by atoms with Gasteiger partial charge in [0.1, 0.15) is 23.9 Å². The van der Waals surface area contributed by atoms with Gasteiger partial charge in [0.15, 0.2) is 6.61 Å². The monoisotopic (exact) mass is 505 g/mol. The van der Waals surface area contributed by atoms with E-state index in [4.69, 9.17) is 26.1 Å². The Kier molecular flexibility index (Phi) is 8.85. The molecule has 4 rings (SSSR count). The molecule has 1 amide bonds. The van der Waals surface area contributed by atoms with Crippen molar-refractivity contribution in [2.75, 3.05) is 19.8 Å². The number of imidazole rings is 1. The highest BCUT2D eigenvalue weighted by Crippen LogP contribution is 2.22. The summed E-state index contributed by atoms with van der Waals surface area (Å²) < 4.78 is 13.7. The standard InChI is InChI=1S/C29H32ClN3O3/c1-3-21(2)22-8-12-24(13-9-22)35-19-18-33-27-7-5-4-6-26(27)32-28(33)16-17-31-29(34)20-36-25-14-10-23(30)11-15-25/h4-15,21H,3,16-20H2,1-2H3,(H,31,34). The molecular weight excluding hydrogens is 474 g/mol. The van der Waals surface area contributed by atoms with Crippen LogP contribution in [0.5, 0.6) is 11.5 Å². The summed E-state index contributed by atoms with van der Waals surface area (Å²) in [6, 6.07) is 23.3. The fraction of sp³-hybridized carbons (Fsp3) is 0.310. The van der Waals surface area contributed by atoms with E-state index in [0.29, 0.717) is 42.8 Å². The molecule has 1 atom stereocenters. The largest absolute Gasteiger partial charge is 0.492 e. The highest BCUT2D eigenvalue weighted by Gasteiger charge is 2.12. The van der Waals surface area contributed by atoms with Gasteiger partial charge in [0.05, 0.1) is 17.6 Å². The van der Waals surface area contributed by atoms with E-state index >= 15 is 0 Å². The quantitative estimate of drug-likeness (QED) is 0.256. The summed E-state index contributed by atoms with van der Waals surface area (Å²) in [5.41, 5.74) is 3.32. The fourth-order valence-corrected chi connectivity index (χ4v) is 4.12. The molecule has 7 heteroatoms. The lowest BCUT2D eigenvalue weighted by atomic mass is 9.99. The minimum Gasteiger partial charge on any atom is -0.492 e. The maximum absolute atomic E-state index is 12.2. The molecule has 188 valence electrons. The molecule has 1 unspecified atom stereocenters. The average Bonchev–Trinajstić information content (AvgIpc) is 3.25. The number of carbonyl (C=O) groups is 1. The van der Waals surface area contributed by atoms with E-state index in [1.807, 2.05) is 30.3 Å². The van der Waals surface area contributed by atoms with E-state index in [-0.39, 0.29) is 12.5 Å². The fourth-order valence-electron chi connectivity index (χ4n) is 3.99. The van der Waals surface area contributed by atoms with Gasteiger partial charge in [-0.15, -0.1) is 0 Å². The Morgan fingerprint density at radius 3 is 2.44 bits per heavy atom. The molecule has 1 N–H and O–H groups in total. The average molecular weight is 506 g/mol. The molecule has 36 heavy (non-hydrogen) atoms. The minimum absolute atomic E-state index is 0.0539. The number of para-hydroxylation sites is 2. The van der Waals surface area contributed by atoms with Crippen molar-refractivity contribution in [2.45, 2.75) is 39.2 Å². The SMILES string of the molecule is CCC(C)c1ccc(OCCn2c(CCNC(=O)COc3ccc(Cl)cc3)nc3ccccc32)cc1. The van der Waals surface area contributed by atoms with Crippen molar-refractivity contribution in [3.05, 3.63) is 89.2 Å². The van der Waals surface area contributed by atoms with Crippen LogP contribution in [0.3, 0.4) is 0 Å². The summed E-state index contributed by atoms with van der Waals surface area (Å²) >= 11 is 5.88. The number of halogens is 1. The van der Waals surface area contributed by atoms with Crippen LogP contribution in [0, 0.1) is 0 Å². The van der Waals surface area contributed by atoms with Crippen LogP contribution in [0.25, 0.3) is 11.0 Å². The molecule has 0 aliphatic carbocycles. The Hall–Kier alpha value is -3.51. The number of fused-ring (bicyclic) bond motifs is 1. The first kappa shape index (κ1) is 25.6. The number of amides is 1. The van der Waals surface area contributed by atoms with Crippen LogP contribution in [-0.2, 0) is 17.8 Å². The van der Waals surface area contributed by atoms with E-state index in [2.05, 4.69) is 41.9 Å². The van der Waals surface area contributed by atoms with Crippen LogP contribution in [0.4, 0.5) is 0 Å². The summed E-state index contributed by atoms with van der Waals surface area (Å²) in [6.07, 6.45) is 1.72. The molecule has 0 radical (unpaired) electrons. The molecule has 1 aromatic heterocycles. The van der Waals surface area contributed by atoms with Crippen molar-refractivity contribution in [1.29, 1.82) is 0 Å². The van der Waals surface area contributed by atoms with Gasteiger partial charge in [-0.1, -0.05) is 49.7 Å². The third-order valence-corrected chi connectivity index (χ3v) is 6.49. The van der Waals surface area contributed by atoms with E-state index in [0.717, 1.165) is 29.0 Å².